The Bertz CT molecular complexity index is 726. The van der Waals surface area contributed by atoms with E-state index in [2.05, 4.69) is 58.7 Å². The molecule has 6 nitrogen and oxygen atoms in total. The van der Waals surface area contributed by atoms with Gasteiger partial charge in [0.05, 0.1) is 30.5 Å². The van der Waals surface area contributed by atoms with Crippen LogP contribution < -0.4 is 10.6 Å². The summed E-state index contributed by atoms with van der Waals surface area (Å²) in [5, 5.41) is 7.88. The maximum absolute atomic E-state index is 5.64. The van der Waals surface area contributed by atoms with Crippen LogP contribution in [0, 0.1) is 13.8 Å². The van der Waals surface area contributed by atoms with E-state index >= 15 is 0 Å². The molecule has 0 saturated heterocycles. The first-order valence-corrected chi connectivity index (χ1v) is 10.5. The summed E-state index contributed by atoms with van der Waals surface area (Å²) in [6, 6.07) is 8.39. The molecule has 0 aliphatic carbocycles. The van der Waals surface area contributed by atoms with E-state index in [-0.39, 0.29) is 0 Å². The maximum Gasteiger partial charge on any atom is 0.191 e. The molecular weight excluding hydrogens is 372 g/mol. The summed E-state index contributed by atoms with van der Waals surface area (Å²) >= 11 is 1.76. The molecule has 0 atom stereocenters. The summed E-state index contributed by atoms with van der Waals surface area (Å²) in [7, 11) is 1.79. The molecule has 0 fully saturated rings. The lowest BCUT2D eigenvalue weighted by atomic mass is 10.1. The molecule has 1 heterocycles. The van der Waals surface area contributed by atoms with Gasteiger partial charge < -0.3 is 20.1 Å². The molecular formula is C21H32N4O2S. The number of benzene rings is 1. The summed E-state index contributed by atoms with van der Waals surface area (Å²) in [4.78, 5) is 10.2. The van der Waals surface area contributed by atoms with E-state index in [4.69, 9.17) is 9.47 Å². The van der Waals surface area contributed by atoms with E-state index in [1.807, 2.05) is 6.92 Å². The molecule has 0 saturated carbocycles. The van der Waals surface area contributed by atoms with Gasteiger partial charge in [0.15, 0.2) is 5.96 Å². The van der Waals surface area contributed by atoms with E-state index in [0.29, 0.717) is 26.4 Å². The van der Waals surface area contributed by atoms with Gasteiger partial charge >= 0.3 is 0 Å². The SMILES string of the molecule is CCOCCOCc1cccc(CNC(=NC)NCCc2nc(C)c(C)s2)c1. The van der Waals surface area contributed by atoms with Gasteiger partial charge in [-0.1, -0.05) is 24.3 Å². The third kappa shape index (κ3) is 7.96. The second kappa shape index (κ2) is 12.5. The predicted molar refractivity (Wildman–Crippen MR) is 116 cm³/mol. The van der Waals surface area contributed by atoms with Crippen LogP contribution in [-0.2, 0) is 29.0 Å². The lowest BCUT2D eigenvalue weighted by Crippen LogP contribution is -2.37. The maximum atomic E-state index is 5.64. The van der Waals surface area contributed by atoms with Crippen molar-refractivity contribution in [3.05, 3.63) is 51.0 Å². The van der Waals surface area contributed by atoms with Gasteiger partial charge in [0.25, 0.3) is 0 Å². The molecule has 0 unspecified atom stereocenters. The van der Waals surface area contributed by atoms with E-state index in [1.54, 1.807) is 18.4 Å². The van der Waals surface area contributed by atoms with Crippen molar-refractivity contribution < 1.29 is 9.47 Å². The Hall–Kier alpha value is -1.96. The van der Waals surface area contributed by atoms with Gasteiger partial charge in [-0.25, -0.2) is 4.98 Å². The summed E-state index contributed by atoms with van der Waals surface area (Å²) < 4.78 is 10.9. The van der Waals surface area contributed by atoms with E-state index < -0.39 is 0 Å². The molecule has 0 bridgehead atoms. The van der Waals surface area contributed by atoms with E-state index in [1.165, 1.54) is 10.4 Å². The monoisotopic (exact) mass is 404 g/mol. The molecule has 0 amide bonds. The predicted octanol–water partition coefficient (Wildman–Crippen LogP) is 3.22. The average Bonchev–Trinajstić information content (AvgIpc) is 3.02. The third-order valence-electron chi connectivity index (χ3n) is 4.22. The Labute approximate surface area is 172 Å². The lowest BCUT2D eigenvalue weighted by Gasteiger charge is -2.12. The Morgan fingerprint density at radius 1 is 1.14 bits per heavy atom. The first-order valence-electron chi connectivity index (χ1n) is 9.73. The van der Waals surface area contributed by atoms with Gasteiger partial charge in [-0.3, -0.25) is 4.99 Å². The fourth-order valence-electron chi connectivity index (χ4n) is 2.62. The number of rotatable bonds is 11. The zero-order valence-corrected chi connectivity index (χ0v) is 18.2. The molecule has 0 aliphatic rings. The molecule has 28 heavy (non-hydrogen) atoms. The fraction of sp³-hybridized carbons (Fsp3) is 0.524. The first-order chi connectivity index (χ1) is 13.6. The minimum Gasteiger partial charge on any atom is -0.379 e. The summed E-state index contributed by atoms with van der Waals surface area (Å²) in [6.45, 7) is 10.3. The minimum absolute atomic E-state index is 0.598. The molecule has 1 aromatic heterocycles. The number of nitrogens with one attached hydrogen (secondary N) is 2. The highest BCUT2D eigenvalue weighted by atomic mass is 32.1. The van der Waals surface area contributed by atoms with Crippen LogP contribution in [0.15, 0.2) is 29.3 Å². The van der Waals surface area contributed by atoms with Crippen molar-refractivity contribution >= 4 is 17.3 Å². The quantitative estimate of drug-likeness (QED) is 0.342. The molecule has 154 valence electrons. The van der Waals surface area contributed by atoms with Crippen molar-refractivity contribution in [3.8, 4) is 0 Å². The van der Waals surface area contributed by atoms with Gasteiger partial charge in [-0.05, 0) is 31.9 Å². The topological polar surface area (TPSA) is 67.8 Å². The summed E-state index contributed by atoms with van der Waals surface area (Å²) in [6.07, 6.45) is 0.897. The molecule has 0 radical (unpaired) electrons. The van der Waals surface area contributed by atoms with Crippen LogP contribution in [0.25, 0.3) is 0 Å². The Morgan fingerprint density at radius 3 is 2.64 bits per heavy atom. The van der Waals surface area contributed by atoms with Crippen molar-refractivity contribution in [1.29, 1.82) is 0 Å². The summed E-state index contributed by atoms with van der Waals surface area (Å²) in [5.41, 5.74) is 3.48. The minimum atomic E-state index is 0.598. The van der Waals surface area contributed by atoms with Crippen LogP contribution in [0.3, 0.4) is 0 Å². The molecule has 2 N–H and O–H groups in total. The number of aryl methyl sites for hydroxylation is 2. The Kier molecular flexibility index (Phi) is 9.96. The largest absolute Gasteiger partial charge is 0.379 e. The molecule has 7 heteroatoms. The molecule has 2 aromatic rings. The van der Waals surface area contributed by atoms with Crippen LogP contribution >= 0.6 is 11.3 Å². The zero-order chi connectivity index (χ0) is 20.2. The second-order valence-corrected chi connectivity index (χ2v) is 7.71. The number of hydrogen-bond acceptors (Lipinski definition) is 5. The van der Waals surface area contributed by atoms with E-state index in [9.17, 15) is 0 Å². The number of aliphatic imine (C=N–C) groups is 1. The van der Waals surface area contributed by atoms with Crippen LogP contribution in [-0.4, -0.2) is 44.4 Å². The highest BCUT2D eigenvalue weighted by Crippen LogP contribution is 2.16. The lowest BCUT2D eigenvalue weighted by molar-refractivity contribution is 0.0453. The number of guanidine groups is 1. The smallest absolute Gasteiger partial charge is 0.191 e. The fourth-order valence-corrected chi connectivity index (χ4v) is 3.56. The molecule has 1 aromatic carbocycles. The molecule has 2 rings (SSSR count). The van der Waals surface area contributed by atoms with Gasteiger partial charge in [-0.15, -0.1) is 11.3 Å². The molecule has 0 aliphatic heterocycles. The molecule has 0 spiro atoms. The number of aromatic nitrogens is 1. The van der Waals surface area contributed by atoms with Crippen molar-refractivity contribution in [3.63, 3.8) is 0 Å². The zero-order valence-electron chi connectivity index (χ0n) is 17.4. The Balaban J connectivity index is 1.72. The van der Waals surface area contributed by atoms with Crippen LogP contribution in [0.1, 0.15) is 33.6 Å². The average molecular weight is 405 g/mol. The third-order valence-corrected chi connectivity index (χ3v) is 5.36. The van der Waals surface area contributed by atoms with Crippen molar-refractivity contribution in [2.45, 2.75) is 40.3 Å². The first kappa shape index (κ1) is 22.3. The standard InChI is InChI=1S/C21H32N4O2S/c1-5-26-11-12-27-15-19-8-6-7-18(13-19)14-24-21(22-4)23-10-9-20-25-16(2)17(3)28-20/h6-8,13H,5,9-12,14-15H2,1-4H3,(H2,22,23,24). The number of thiazole rings is 1. The number of nitrogens with zero attached hydrogens (tertiary/aromatic N) is 2. The van der Waals surface area contributed by atoms with Crippen molar-refractivity contribution in [2.24, 2.45) is 4.99 Å². The van der Waals surface area contributed by atoms with Crippen LogP contribution in [0.5, 0.6) is 0 Å². The number of hydrogen-bond donors (Lipinski definition) is 2. The van der Waals surface area contributed by atoms with E-state index in [0.717, 1.165) is 41.8 Å². The van der Waals surface area contributed by atoms with Crippen LogP contribution in [0.2, 0.25) is 0 Å². The second-order valence-electron chi connectivity index (χ2n) is 6.42. The van der Waals surface area contributed by atoms with Gasteiger partial charge in [0.2, 0.25) is 0 Å². The number of ether oxygens (including phenoxy) is 2. The summed E-state index contributed by atoms with van der Waals surface area (Å²) in [5.74, 6) is 0.795. The Morgan fingerprint density at radius 2 is 1.93 bits per heavy atom. The van der Waals surface area contributed by atoms with Crippen molar-refractivity contribution in [1.82, 2.24) is 15.6 Å². The van der Waals surface area contributed by atoms with Gasteiger partial charge in [-0.2, -0.15) is 0 Å². The normalized spacial score (nSPS) is 11.6. The van der Waals surface area contributed by atoms with Crippen molar-refractivity contribution in [2.75, 3.05) is 33.4 Å². The van der Waals surface area contributed by atoms with Gasteiger partial charge in [0.1, 0.15) is 0 Å². The highest BCUT2D eigenvalue weighted by molar-refractivity contribution is 7.11. The van der Waals surface area contributed by atoms with Gasteiger partial charge in [0, 0.05) is 38.0 Å². The highest BCUT2D eigenvalue weighted by Gasteiger charge is 2.04. The van der Waals surface area contributed by atoms with Crippen LogP contribution in [0.4, 0.5) is 0 Å².